The lowest BCUT2D eigenvalue weighted by Gasteiger charge is -2.15. The monoisotopic (exact) mass is 331 g/mol. The van der Waals surface area contributed by atoms with Crippen molar-refractivity contribution in [2.45, 2.75) is 13.0 Å². The summed E-state index contributed by atoms with van der Waals surface area (Å²) in [5, 5.41) is 9.93. The molecule has 1 atom stereocenters. The first-order valence-electron chi connectivity index (χ1n) is 6.00. The lowest BCUT2D eigenvalue weighted by atomic mass is 10.1. The van der Waals surface area contributed by atoms with Crippen LogP contribution in [0.4, 0.5) is 5.69 Å². The molecule has 2 aromatic rings. The van der Waals surface area contributed by atoms with Gasteiger partial charge in [0.2, 0.25) is 5.91 Å². The van der Waals surface area contributed by atoms with Crippen LogP contribution >= 0.6 is 24.8 Å². The van der Waals surface area contributed by atoms with Crippen molar-refractivity contribution >= 4 is 36.4 Å². The number of hydrogen-bond acceptors (Lipinski definition) is 4. The highest BCUT2D eigenvalue weighted by molar-refractivity contribution is 5.95. The van der Waals surface area contributed by atoms with Gasteiger partial charge in [0.25, 0.3) is 0 Å². The molecule has 8 heteroatoms. The second-order valence-corrected chi connectivity index (χ2v) is 4.29. The number of amides is 1. The maximum Gasteiger partial charge on any atom is 0.246 e. The fourth-order valence-corrected chi connectivity index (χ4v) is 1.86. The van der Waals surface area contributed by atoms with Gasteiger partial charge in [0, 0.05) is 25.0 Å². The standard InChI is InChI=1S/C13H17N5O.2ClH/c1-9-11(5-4-6-15-9)17-13(19)12(14-2)10-7-16-18(3)8-10;;/h4-8,12,14H,1-3H3,(H,17,19);2*1H. The number of likely N-dealkylation sites (N-methyl/N-ethyl adjacent to an activating group) is 1. The van der Waals surface area contributed by atoms with E-state index in [-0.39, 0.29) is 30.7 Å². The van der Waals surface area contributed by atoms with Gasteiger partial charge in [0.15, 0.2) is 0 Å². The molecule has 0 aliphatic rings. The lowest BCUT2D eigenvalue weighted by molar-refractivity contribution is -0.118. The Morgan fingerprint density at radius 3 is 2.62 bits per heavy atom. The first-order valence-corrected chi connectivity index (χ1v) is 6.00. The molecule has 0 aliphatic carbocycles. The van der Waals surface area contributed by atoms with Crippen LogP contribution in [0.15, 0.2) is 30.7 Å². The molecule has 0 saturated carbocycles. The first kappa shape index (κ1) is 19.4. The van der Waals surface area contributed by atoms with Gasteiger partial charge in [-0.2, -0.15) is 5.10 Å². The number of aromatic nitrogens is 3. The number of carbonyl (C=O) groups excluding carboxylic acids is 1. The van der Waals surface area contributed by atoms with Crippen molar-refractivity contribution in [3.8, 4) is 0 Å². The molecule has 0 radical (unpaired) electrons. The predicted molar refractivity (Wildman–Crippen MR) is 87.1 cm³/mol. The van der Waals surface area contributed by atoms with Gasteiger partial charge >= 0.3 is 0 Å². The zero-order valence-electron chi connectivity index (χ0n) is 12.0. The van der Waals surface area contributed by atoms with Gasteiger partial charge in [-0.1, -0.05) is 0 Å². The van der Waals surface area contributed by atoms with E-state index < -0.39 is 6.04 Å². The molecule has 2 rings (SSSR count). The van der Waals surface area contributed by atoms with Crippen LogP contribution < -0.4 is 10.6 Å². The van der Waals surface area contributed by atoms with Gasteiger partial charge in [0.1, 0.15) is 6.04 Å². The van der Waals surface area contributed by atoms with Crippen molar-refractivity contribution in [3.05, 3.63) is 42.0 Å². The number of hydrogen-bond donors (Lipinski definition) is 2. The van der Waals surface area contributed by atoms with Crippen molar-refractivity contribution in [1.29, 1.82) is 0 Å². The summed E-state index contributed by atoms with van der Waals surface area (Å²) in [5.74, 6) is -0.133. The molecule has 1 unspecified atom stereocenters. The largest absolute Gasteiger partial charge is 0.323 e. The normalized spacial score (nSPS) is 11.0. The molecular weight excluding hydrogens is 313 g/mol. The molecular formula is C13H19Cl2N5O. The summed E-state index contributed by atoms with van der Waals surface area (Å²) in [4.78, 5) is 16.4. The van der Waals surface area contributed by atoms with E-state index in [1.165, 1.54) is 0 Å². The highest BCUT2D eigenvalue weighted by atomic mass is 35.5. The maximum absolute atomic E-state index is 12.3. The van der Waals surface area contributed by atoms with Crippen LogP contribution in [-0.2, 0) is 11.8 Å². The minimum Gasteiger partial charge on any atom is -0.323 e. The fraction of sp³-hybridized carbons (Fsp3) is 0.308. The predicted octanol–water partition coefficient (Wildman–Crippen LogP) is 1.87. The average Bonchev–Trinajstić information content (AvgIpc) is 2.80. The molecule has 0 aliphatic heterocycles. The van der Waals surface area contributed by atoms with E-state index in [0.717, 1.165) is 16.9 Å². The third kappa shape index (κ3) is 4.70. The molecule has 0 spiro atoms. The third-order valence-electron chi connectivity index (χ3n) is 2.87. The Morgan fingerprint density at radius 1 is 1.38 bits per heavy atom. The highest BCUT2D eigenvalue weighted by Crippen LogP contribution is 2.16. The SMILES string of the molecule is CNC(C(=O)Nc1cccnc1C)c1cnn(C)c1.Cl.Cl. The fourth-order valence-electron chi connectivity index (χ4n) is 1.86. The quantitative estimate of drug-likeness (QED) is 0.897. The van der Waals surface area contributed by atoms with Crippen molar-refractivity contribution < 1.29 is 4.79 Å². The summed E-state index contributed by atoms with van der Waals surface area (Å²) >= 11 is 0. The molecule has 6 nitrogen and oxygen atoms in total. The Balaban J connectivity index is 0.00000200. The molecule has 0 aromatic carbocycles. The number of anilines is 1. The summed E-state index contributed by atoms with van der Waals surface area (Å²) in [6, 6.07) is 3.19. The van der Waals surface area contributed by atoms with Gasteiger partial charge in [-0.25, -0.2) is 0 Å². The van der Waals surface area contributed by atoms with E-state index in [1.54, 1.807) is 30.2 Å². The number of nitrogens with zero attached hydrogens (tertiary/aromatic N) is 3. The third-order valence-corrected chi connectivity index (χ3v) is 2.87. The van der Waals surface area contributed by atoms with Crippen LogP contribution in [0.25, 0.3) is 0 Å². The number of pyridine rings is 1. The average molecular weight is 332 g/mol. The Bertz CT molecular complexity index is 587. The van der Waals surface area contributed by atoms with Crippen LogP contribution in [0.5, 0.6) is 0 Å². The van der Waals surface area contributed by atoms with E-state index in [0.29, 0.717) is 0 Å². The van der Waals surface area contributed by atoms with Crippen molar-refractivity contribution in [3.63, 3.8) is 0 Å². The van der Waals surface area contributed by atoms with Crippen LogP contribution in [0.1, 0.15) is 17.3 Å². The maximum atomic E-state index is 12.3. The van der Waals surface area contributed by atoms with Crippen LogP contribution in [0.2, 0.25) is 0 Å². The number of halogens is 2. The van der Waals surface area contributed by atoms with E-state index in [4.69, 9.17) is 0 Å². The Morgan fingerprint density at radius 2 is 2.10 bits per heavy atom. The zero-order chi connectivity index (χ0) is 13.8. The number of rotatable bonds is 4. The molecule has 0 bridgehead atoms. The van der Waals surface area contributed by atoms with Gasteiger partial charge in [-0.15, -0.1) is 24.8 Å². The number of carbonyl (C=O) groups is 1. The minimum atomic E-state index is -0.437. The van der Waals surface area contributed by atoms with Gasteiger partial charge in [-0.3, -0.25) is 14.5 Å². The summed E-state index contributed by atoms with van der Waals surface area (Å²) in [6.45, 7) is 1.86. The second-order valence-electron chi connectivity index (χ2n) is 4.29. The zero-order valence-corrected chi connectivity index (χ0v) is 13.7. The smallest absolute Gasteiger partial charge is 0.246 e. The van der Waals surface area contributed by atoms with Crippen LogP contribution in [0.3, 0.4) is 0 Å². The topological polar surface area (TPSA) is 71.8 Å². The Labute approximate surface area is 136 Å². The number of nitrogens with one attached hydrogen (secondary N) is 2. The Kier molecular flexibility index (Phi) is 7.94. The highest BCUT2D eigenvalue weighted by Gasteiger charge is 2.20. The summed E-state index contributed by atoms with van der Waals surface area (Å²) in [5.41, 5.74) is 2.33. The molecule has 0 fully saturated rings. The Hall–Kier alpha value is -1.63. The van der Waals surface area contributed by atoms with Crippen molar-refractivity contribution in [1.82, 2.24) is 20.1 Å². The number of aryl methyl sites for hydroxylation is 2. The van der Waals surface area contributed by atoms with E-state index >= 15 is 0 Å². The van der Waals surface area contributed by atoms with Crippen LogP contribution in [0, 0.1) is 6.92 Å². The van der Waals surface area contributed by atoms with E-state index in [2.05, 4.69) is 20.7 Å². The molecule has 0 saturated heterocycles. The summed E-state index contributed by atoms with van der Waals surface area (Å²) < 4.78 is 1.67. The summed E-state index contributed by atoms with van der Waals surface area (Å²) in [6.07, 6.45) is 5.19. The van der Waals surface area contributed by atoms with Crippen LogP contribution in [-0.4, -0.2) is 27.7 Å². The van der Waals surface area contributed by atoms with E-state index in [1.807, 2.05) is 26.2 Å². The van der Waals surface area contributed by atoms with E-state index in [9.17, 15) is 4.79 Å². The van der Waals surface area contributed by atoms with Gasteiger partial charge in [-0.05, 0) is 26.1 Å². The van der Waals surface area contributed by atoms with Gasteiger partial charge in [0.05, 0.1) is 17.6 Å². The van der Waals surface area contributed by atoms with Crippen molar-refractivity contribution in [2.24, 2.45) is 7.05 Å². The molecule has 21 heavy (non-hydrogen) atoms. The lowest BCUT2D eigenvalue weighted by Crippen LogP contribution is -2.30. The van der Waals surface area contributed by atoms with Gasteiger partial charge < -0.3 is 10.6 Å². The molecule has 2 aromatic heterocycles. The second kappa shape index (κ2) is 8.61. The molecule has 2 heterocycles. The first-order chi connectivity index (χ1) is 9.11. The van der Waals surface area contributed by atoms with Crippen molar-refractivity contribution in [2.75, 3.05) is 12.4 Å². The minimum absolute atomic E-state index is 0. The summed E-state index contributed by atoms with van der Waals surface area (Å²) in [7, 11) is 3.56. The molecule has 2 N–H and O–H groups in total. The molecule has 116 valence electrons. The molecule has 1 amide bonds.